The zero-order valence-electron chi connectivity index (χ0n) is 7.96. The van der Waals surface area contributed by atoms with Crippen molar-refractivity contribution in [2.75, 3.05) is 51.4 Å². The first-order valence-corrected chi connectivity index (χ1v) is 6.08. The van der Waals surface area contributed by atoms with Gasteiger partial charge in [-0.3, -0.25) is 4.90 Å². The van der Waals surface area contributed by atoms with Crippen molar-refractivity contribution in [3.63, 3.8) is 0 Å². The SMILES string of the molecule is CN1CC[N+]2(CCCSC2)CC1. The number of hydrogen-bond donors (Lipinski definition) is 0. The minimum Gasteiger partial charge on any atom is -0.313 e. The minimum absolute atomic E-state index is 1.31. The number of rotatable bonds is 0. The lowest BCUT2D eigenvalue weighted by Gasteiger charge is -2.45. The first-order valence-electron chi connectivity index (χ1n) is 4.92. The van der Waals surface area contributed by atoms with E-state index in [-0.39, 0.29) is 0 Å². The Bertz CT molecular complexity index is 145. The van der Waals surface area contributed by atoms with E-state index in [4.69, 9.17) is 0 Å². The summed E-state index contributed by atoms with van der Waals surface area (Å²) in [6.07, 6.45) is 1.44. The van der Waals surface area contributed by atoms with Gasteiger partial charge >= 0.3 is 0 Å². The molecule has 0 atom stereocenters. The molecule has 0 aromatic heterocycles. The van der Waals surface area contributed by atoms with Gasteiger partial charge in [0.2, 0.25) is 0 Å². The van der Waals surface area contributed by atoms with E-state index in [0.29, 0.717) is 0 Å². The summed E-state index contributed by atoms with van der Waals surface area (Å²) in [6.45, 7) is 6.84. The Morgan fingerprint density at radius 2 is 1.92 bits per heavy atom. The molecule has 2 heterocycles. The molecule has 2 saturated heterocycles. The Hall–Kier alpha value is 0.270. The fourth-order valence-corrected chi connectivity index (χ4v) is 3.40. The van der Waals surface area contributed by atoms with Crippen LogP contribution in [0.1, 0.15) is 6.42 Å². The van der Waals surface area contributed by atoms with Crippen LogP contribution in [0.4, 0.5) is 0 Å². The van der Waals surface area contributed by atoms with Crippen LogP contribution < -0.4 is 0 Å². The lowest BCUT2D eigenvalue weighted by atomic mass is 10.2. The van der Waals surface area contributed by atoms with Crippen LogP contribution in [-0.2, 0) is 0 Å². The number of nitrogens with zero attached hydrogens (tertiary/aromatic N) is 2. The summed E-state index contributed by atoms with van der Waals surface area (Å²) in [5.74, 6) is 2.78. The fraction of sp³-hybridized carbons (Fsp3) is 1.00. The number of hydrogen-bond acceptors (Lipinski definition) is 2. The highest BCUT2D eigenvalue weighted by atomic mass is 32.2. The molecule has 2 fully saturated rings. The van der Waals surface area contributed by atoms with Gasteiger partial charge in [-0.2, -0.15) is 0 Å². The molecule has 0 aliphatic carbocycles. The highest BCUT2D eigenvalue weighted by molar-refractivity contribution is 7.99. The summed E-state index contributed by atoms with van der Waals surface area (Å²) in [5.41, 5.74) is 0. The first-order chi connectivity index (χ1) is 5.81. The molecule has 0 saturated carbocycles. The third-order valence-electron chi connectivity index (χ3n) is 3.20. The second-order valence-corrected chi connectivity index (χ2v) is 5.28. The van der Waals surface area contributed by atoms with Crippen LogP contribution in [0.15, 0.2) is 0 Å². The van der Waals surface area contributed by atoms with E-state index < -0.39 is 0 Å². The Labute approximate surface area is 79.5 Å². The molecule has 0 aromatic carbocycles. The Morgan fingerprint density at radius 1 is 1.17 bits per heavy atom. The van der Waals surface area contributed by atoms with Gasteiger partial charge in [0.25, 0.3) is 0 Å². The van der Waals surface area contributed by atoms with Crippen molar-refractivity contribution < 1.29 is 4.48 Å². The predicted octanol–water partition coefficient (Wildman–Crippen LogP) is 0.843. The highest BCUT2D eigenvalue weighted by Gasteiger charge is 2.33. The number of quaternary nitrogens is 1. The zero-order valence-corrected chi connectivity index (χ0v) is 8.78. The lowest BCUT2D eigenvalue weighted by Crippen LogP contribution is -2.60. The van der Waals surface area contributed by atoms with Crippen molar-refractivity contribution in [1.82, 2.24) is 4.90 Å². The van der Waals surface area contributed by atoms with Gasteiger partial charge in [-0.1, -0.05) is 0 Å². The maximum absolute atomic E-state index is 2.46. The Morgan fingerprint density at radius 3 is 2.50 bits per heavy atom. The molecule has 12 heavy (non-hydrogen) atoms. The van der Waals surface area contributed by atoms with Crippen LogP contribution in [0.2, 0.25) is 0 Å². The van der Waals surface area contributed by atoms with Crippen molar-refractivity contribution in [1.29, 1.82) is 0 Å². The van der Waals surface area contributed by atoms with E-state index in [0.717, 1.165) is 0 Å². The molecule has 0 amide bonds. The number of thioether (sulfide) groups is 1. The molecule has 0 unspecified atom stereocenters. The lowest BCUT2D eigenvalue weighted by molar-refractivity contribution is -0.921. The topological polar surface area (TPSA) is 3.24 Å². The van der Waals surface area contributed by atoms with Crippen molar-refractivity contribution >= 4 is 11.8 Å². The van der Waals surface area contributed by atoms with Crippen molar-refractivity contribution in [3.05, 3.63) is 0 Å². The average molecular weight is 187 g/mol. The molecule has 2 nitrogen and oxygen atoms in total. The summed E-state index contributed by atoms with van der Waals surface area (Å²) < 4.78 is 1.41. The first kappa shape index (κ1) is 8.85. The molecule has 0 aromatic rings. The summed E-state index contributed by atoms with van der Waals surface area (Å²) >= 11 is 2.16. The number of likely N-dealkylation sites (N-methyl/N-ethyl adjacent to an activating group) is 1. The largest absolute Gasteiger partial charge is 0.313 e. The molecule has 3 heteroatoms. The molecular formula is C9H19N2S+. The monoisotopic (exact) mass is 187 g/mol. The van der Waals surface area contributed by atoms with E-state index in [2.05, 4.69) is 23.7 Å². The van der Waals surface area contributed by atoms with Crippen LogP contribution in [-0.4, -0.2) is 60.8 Å². The smallest absolute Gasteiger partial charge is 0.125 e. The van der Waals surface area contributed by atoms with E-state index >= 15 is 0 Å². The molecule has 2 aliphatic rings. The van der Waals surface area contributed by atoms with Crippen LogP contribution >= 0.6 is 11.8 Å². The zero-order chi connectivity index (χ0) is 8.44. The molecule has 70 valence electrons. The summed E-state index contributed by atoms with van der Waals surface area (Å²) in [4.78, 5) is 2.46. The summed E-state index contributed by atoms with van der Waals surface area (Å²) in [5, 5.41) is 0. The third kappa shape index (κ3) is 1.78. The number of piperazine rings is 1. The second kappa shape index (κ2) is 3.56. The van der Waals surface area contributed by atoms with Crippen LogP contribution in [0.3, 0.4) is 0 Å². The molecule has 1 spiro atoms. The molecule has 2 aliphatic heterocycles. The van der Waals surface area contributed by atoms with Crippen molar-refractivity contribution in [2.24, 2.45) is 0 Å². The van der Waals surface area contributed by atoms with Gasteiger partial charge in [0.15, 0.2) is 0 Å². The van der Waals surface area contributed by atoms with Crippen LogP contribution in [0.25, 0.3) is 0 Å². The van der Waals surface area contributed by atoms with Gasteiger partial charge in [-0.15, -0.1) is 11.8 Å². The van der Waals surface area contributed by atoms with Gasteiger partial charge in [0, 0.05) is 25.3 Å². The van der Waals surface area contributed by atoms with Gasteiger partial charge in [0.05, 0.1) is 19.6 Å². The van der Waals surface area contributed by atoms with E-state index in [9.17, 15) is 0 Å². The quantitative estimate of drug-likeness (QED) is 0.517. The Balaban J connectivity index is 1.92. The fourth-order valence-electron chi connectivity index (χ4n) is 2.17. The van der Waals surface area contributed by atoms with E-state index in [1.807, 2.05) is 0 Å². The standard InChI is InChI=1S/C9H19N2S/c1-10-3-6-11(7-4-10)5-2-8-12-9-11/h2-9H2,1H3/q+1. The van der Waals surface area contributed by atoms with E-state index in [1.54, 1.807) is 0 Å². The maximum Gasteiger partial charge on any atom is 0.125 e. The maximum atomic E-state index is 2.46. The highest BCUT2D eigenvalue weighted by Crippen LogP contribution is 2.24. The summed E-state index contributed by atoms with van der Waals surface area (Å²) in [7, 11) is 2.24. The van der Waals surface area contributed by atoms with Gasteiger partial charge in [-0.25, -0.2) is 0 Å². The van der Waals surface area contributed by atoms with Gasteiger partial charge in [-0.05, 0) is 7.05 Å². The normalized spacial score (nSPS) is 30.8. The van der Waals surface area contributed by atoms with Gasteiger partial charge in [0.1, 0.15) is 5.88 Å². The molecule has 2 rings (SSSR count). The summed E-state index contributed by atoms with van der Waals surface area (Å²) in [6, 6.07) is 0. The molecule has 0 bridgehead atoms. The van der Waals surface area contributed by atoms with Crippen LogP contribution in [0.5, 0.6) is 0 Å². The van der Waals surface area contributed by atoms with E-state index in [1.165, 1.54) is 55.3 Å². The average Bonchev–Trinajstić information content (AvgIpc) is 2.13. The Kier molecular flexibility index (Phi) is 2.63. The molecular weight excluding hydrogens is 168 g/mol. The third-order valence-corrected chi connectivity index (χ3v) is 4.51. The van der Waals surface area contributed by atoms with Crippen molar-refractivity contribution in [3.8, 4) is 0 Å². The molecule has 0 radical (unpaired) electrons. The van der Waals surface area contributed by atoms with Crippen molar-refractivity contribution in [2.45, 2.75) is 6.42 Å². The van der Waals surface area contributed by atoms with Gasteiger partial charge < -0.3 is 4.48 Å². The second-order valence-electron chi connectivity index (χ2n) is 4.21. The predicted molar refractivity (Wildman–Crippen MR) is 54.3 cm³/mol. The van der Waals surface area contributed by atoms with Crippen LogP contribution in [0, 0.1) is 0 Å². The molecule has 0 N–H and O–H groups in total. The minimum atomic E-state index is 1.31.